The van der Waals surface area contributed by atoms with Crippen molar-refractivity contribution >= 4 is 5.84 Å². The summed E-state index contributed by atoms with van der Waals surface area (Å²) in [4.78, 5) is 0. The summed E-state index contributed by atoms with van der Waals surface area (Å²) < 4.78 is 6.96. The molecule has 4 N–H and O–H groups in total. The van der Waals surface area contributed by atoms with Crippen LogP contribution in [0.3, 0.4) is 0 Å². The van der Waals surface area contributed by atoms with Crippen molar-refractivity contribution < 1.29 is 9.84 Å². The first-order valence-electron chi connectivity index (χ1n) is 4.69. The molecule has 0 atom stereocenters. The van der Waals surface area contributed by atoms with Crippen molar-refractivity contribution in [2.75, 3.05) is 13.2 Å². The second-order valence-electron chi connectivity index (χ2n) is 3.23. The predicted molar refractivity (Wildman–Crippen MR) is 56.2 cm³/mol. The number of aliphatic hydroxyl groups excluding tert-OH is 1. The Morgan fingerprint density at radius 2 is 2.33 bits per heavy atom. The van der Waals surface area contributed by atoms with Gasteiger partial charge in [-0.2, -0.15) is 5.10 Å². The first-order valence-corrected chi connectivity index (χ1v) is 4.69. The van der Waals surface area contributed by atoms with Crippen molar-refractivity contribution in [3.8, 4) is 5.88 Å². The molecule has 6 nitrogen and oxygen atoms in total. The number of nitrogens with two attached hydrogens (primary N) is 1. The van der Waals surface area contributed by atoms with Crippen molar-refractivity contribution in [3.63, 3.8) is 0 Å². The molecule has 1 aromatic heterocycles. The number of aliphatic hydroxyl groups is 1. The average Bonchev–Trinajstić information content (AvgIpc) is 2.42. The smallest absolute Gasteiger partial charge is 0.223 e. The molecule has 0 aliphatic heterocycles. The van der Waals surface area contributed by atoms with Gasteiger partial charge in [0.25, 0.3) is 0 Å². The normalized spacial score (nSPS) is 10.3. The molecule has 0 fully saturated rings. The summed E-state index contributed by atoms with van der Waals surface area (Å²) in [7, 11) is 1.73. The van der Waals surface area contributed by atoms with E-state index in [2.05, 4.69) is 5.10 Å². The molecule has 6 heteroatoms. The quantitative estimate of drug-likeness (QED) is 0.357. The van der Waals surface area contributed by atoms with Crippen molar-refractivity contribution in [2.45, 2.75) is 13.3 Å². The highest BCUT2D eigenvalue weighted by Gasteiger charge is 2.16. The van der Waals surface area contributed by atoms with Crippen LogP contribution >= 0.6 is 0 Å². The minimum atomic E-state index is -0.0559. The summed E-state index contributed by atoms with van der Waals surface area (Å²) in [6.45, 7) is 2.23. The number of hydrogen-bond acceptors (Lipinski definition) is 4. The highest BCUT2D eigenvalue weighted by Crippen LogP contribution is 2.20. The molecule has 0 aliphatic rings. The zero-order chi connectivity index (χ0) is 11.4. The summed E-state index contributed by atoms with van der Waals surface area (Å²) in [5, 5.41) is 20.2. The van der Waals surface area contributed by atoms with Gasteiger partial charge >= 0.3 is 0 Å². The van der Waals surface area contributed by atoms with Crippen LogP contribution in [0, 0.1) is 12.3 Å². The lowest BCUT2D eigenvalue weighted by Gasteiger charge is -2.07. The molecular weight excluding hydrogens is 196 g/mol. The number of nitrogens with one attached hydrogen (secondary N) is 1. The number of hydrogen-bond donors (Lipinski definition) is 3. The largest absolute Gasteiger partial charge is 0.477 e. The Morgan fingerprint density at radius 1 is 1.67 bits per heavy atom. The van der Waals surface area contributed by atoms with Crippen molar-refractivity contribution in [2.24, 2.45) is 12.8 Å². The Balaban J connectivity index is 2.89. The van der Waals surface area contributed by atoms with Gasteiger partial charge in [0.15, 0.2) is 0 Å². The molecule has 1 aromatic rings. The minimum Gasteiger partial charge on any atom is -0.477 e. The summed E-state index contributed by atoms with van der Waals surface area (Å²) in [6, 6.07) is 0. The Labute approximate surface area is 88.2 Å². The molecule has 0 amide bonds. The molecular formula is C9H16N4O2. The maximum atomic E-state index is 8.63. The molecule has 84 valence electrons. The van der Waals surface area contributed by atoms with Crippen molar-refractivity contribution in [1.29, 1.82) is 5.41 Å². The highest BCUT2D eigenvalue weighted by atomic mass is 16.5. The maximum Gasteiger partial charge on any atom is 0.223 e. The lowest BCUT2D eigenvalue weighted by molar-refractivity contribution is 0.223. The van der Waals surface area contributed by atoms with Gasteiger partial charge in [-0.15, -0.1) is 0 Å². The van der Waals surface area contributed by atoms with E-state index >= 15 is 0 Å². The summed E-state index contributed by atoms with van der Waals surface area (Å²) >= 11 is 0. The highest BCUT2D eigenvalue weighted by molar-refractivity contribution is 5.98. The number of amidine groups is 1. The van der Waals surface area contributed by atoms with Crippen molar-refractivity contribution in [3.05, 3.63) is 11.3 Å². The fraction of sp³-hybridized carbons (Fsp3) is 0.556. The van der Waals surface area contributed by atoms with Crippen LogP contribution in [-0.4, -0.2) is 33.9 Å². The van der Waals surface area contributed by atoms with Gasteiger partial charge in [-0.3, -0.25) is 5.41 Å². The van der Waals surface area contributed by atoms with Gasteiger partial charge in [-0.05, 0) is 6.92 Å². The van der Waals surface area contributed by atoms with E-state index in [1.165, 1.54) is 0 Å². The van der Waals surface area contributed by atoms with E-state index in [1.807, 2.05) is 0 Å². The Morgan fingerprint density at radius 3 is 2.87 bits per heavy atom. The summed E-state index contributed by atoms with van der Waals surface area (Å²) in [6.07, 6.45) is 0.543. The van der Waals surface area contributed by atoms with Crippen LogP contribution in [0.1, 0.15) is 17.7 Å². The lowest BCUT2D eigenvalue weighted by Crippen LogP contribution is -2.14. The zero-order valence-corrected chi connectivity index (χ0v) is 8.95. The first kappa shape index (κ1) is 11.5. The standard InChI is InChI=1S/C9H16N4O2/c1-6-7(8(10)11)9(13(2)12-6)15-5-3-4-14/h14H,3-5H2,1-2H3,(H3,10,11). The first-order chi connectivity index (χ1) is 7.07. The van der Waals surface area contributed by atoms with Crippen molar-refractivity contribution in [1.82, 2.24) is 9.78 Å². The van der Waals surface area contributed by atoms with Crippen LogP contribution in [0.2, 0.25) is 0 Å². The van der Waals surface area contributed by atoms with Gasteiger partial charge in [-0.1, -0.05) is 0 Å². The minimum absolute atomic E-state index is 0.0559. The van der Waals surface area contributed by atoms with Gasteiger partial charge in [0.2, 0.25) is 5.88 Å². The molecule has 0 saturated carbocycles. The number of nitrogens with zero attached hydrogens (tertiary/aromatic N) is 2. The zero-order valence-electron chi connectivity index (χ0n) is 8.95. The lowest BCUT2D eigenvalue weighted by atomic mass is 10.2. The van der Waals surface area contributed by atoms with Gasteiger partial charge in [0.05, 0.1) is 12.3 Å². The van der Waals surface area contributed by atoms with E-state index < -0.39 is 0 Å². The molecule has 15 heavy (non-hydrogen) atoms. The molecule has 0 aromatic carbocycles. The number of ether oxygens (including phenoxy) is 1. The van der Waals surface area contributed by atoms with Crippen LogP contribution in [0.5, 0.6) is 5.88 Å². The van der Waals surface area contributed by atoms with E-state index in [4.69, 9.17) is 21.0 Å². The molecule has 0 aliphatic carbocycles. The van der Waals surface area contributed by atoms with E-state index in [1.54, 1.807) is 18.7 Å². The third kappa shape index (κ3) is 2.47. The van der Waals surface area contributed by atoms with Crippen LogP contribution in [0.15, 0.2) is 0 Å². The van der Waals surface area contributed by atoms with E-state index in [0.29, 0.717) is 30.2 Å². The summed E-state index contributed by atoms with van der Waals surface area (Å²) in [5.41, 5.74) is 6.63. The van der Waals surface area contributed by atoms with Crippen LogP contribution in [0.4, 0.5) is 0 Å². The van der Waals surface area contributed by atoms with E-state index in [0.717, 1.165) is 0 Å². The van der Waals surface area contributed by atoms with Gasteiger partial charge in [-0.25, -0.2) is 4.68 Å². The molecule has 0 saturated heterocycles. The van der Waals surface area contributed by atoms with E-state index in [9.17, 15) is 0 Å². The number of aryl methyl sites for hydroxylation is 2. The molecule has 1 heterocycles. The second-order valence-corrected chi connectivity index (χ2v) is 3.23. The Bertz CT molecular complexity index is 359. The van der Waals surface area contributed by atoms with Gasteiger partial charge in [0, 0.05) is 20.1 Å². The third-order valence-electron chi connectivity index (χ3n) is 1.98. The number of nitrogen functional groups attached to an aromatic ring is 1. The molecule has 0 unspecified atom stereocenters. The number of rotatable bonds is 5. The monoisotopic (exact) mass is 212 g/mol. The molecule has 0 radical (unpaired) electrons. The SMILES string of the molecule is Cc1nn(C)c(OCCCO)c1C(=N)N. The topological polar surface area (TPSA) is 97.1 Å². The molecule has 0 bridgehead atoms. The maximum absolute atomic E-state index is 8.63. The third-order valence-corrected chi connectivity index (χ3v) is 1.98. The van der Waals surface area contributed by atoms with Crippen LogP contribution in [-0.2, 0) is 7.05 Å². The van der Waals surface area contributed by atoms with Crippen LogP contribution < -0.4 is 10.5 Å². The van der Waals surface area contributed by atoms with Crippen LogP contribution in [0.25, 0.3) is 0 Å². The average molecular weight is 212 g/mol. The second kappa shape index (κ2) is 4.79. The number of aromatic nitrogens is 2. The Hall–Kier alpha value is -1.56. The van der Waals surface area contributed by atoms with Gasteiger partial charge < -0.3 is 15.6 Å². The van der Waals surface area contributed by atoms with E-state index in [-0.39, 0.29) is 12.4 Å². The van der Waals surface area contributed by atoms with Gasteiger partial charge in [0.1, 0.15) is 11.4 Å². The summed E-state index contributed by atoms with van der Waals surface area (Å²) in [5.74, 6) is 0.424. The molecule has 1 rings (SSSR count). The fourth-order valence-electron chi connectivity index (χ4n) is 1.35. The molecule has 0 spiro atoms. The predicted octanol–water partition coefficient (Wildman–Crippen LogP) is -0.226. The fourth-order valence-corrected chi connectivity index (χ4v) is 1.35. The Kier molecular flexibility index (Phi) is 3.68.